The lowest BCUT2D eigenvalue weighted by atomic mass is 9.86. The third kappa shape index (κ3) is 1.61. The molecule has 0 atom stereocenters. The van der Waals surface area contributed by atoms with Crippen LogP contribution < -0.4 is 0 Å². The van der Waals surface area contributed by atoms with Crippen molar-refractivity contribution in [1.82, 2.24) is 0 Å². The number of fused-ring (bicyclic) bond motifs is 3. The summed E-state index contributed by atoms with van der Waals surface area (Å²) in [5.74, 6) is 0.368. The third-order valence-corrected chi connectivity index (χ3v) is 3.78. The van der Waals surface area contributed by atoms with Crippen LogP contribution in [0, 0.1) is 3.57 Å². The van der Waals surface area contributed by atoms with Crippen LogP contribution >= 0.6 is 22.6 Å². The van der Waals surface area contributed by atoms with Gasteiger partial charge in [-0.15, -0.1) is 0 Å². The number of phenolic OH excluding ortho intramolecular Hbond substituents is 1. The molecule has 0 aromatic heterocycles. The Bertz CT molecular complexity index is 509. The number of benzene rings is 2. The van der Waals surface area contributed by atoms with E-state index in [1.807, 2.05) is 12.1 Å². The van der Waals surface area contributed by atoms with E-state index in [0.717, 1.165) is 12.8 Å². The van der Waals surface area contributed by atoms with Gasteiger partial charge in [-0.2, -0.15) is 0 Å². The fourth-order valence-electron chi connectivity index (χ4n) is 2.35. The second-order valence-corrected chi connectivity index (χ2v) is 5.39. The molecule has 0 spiro atoms. The summed E-state index contributed by atoms with van der Waals surface area (Å²) >= 11 is 2.35. The van der Waals surface area contributed by atoms with Gasteiger partial charge in [0.2, 0.25) is 0 Å². The topological polar surface area (TPSA) is 20.2 Å². The molecule has 0 unspecified atom stereocenters. The van der Waals surface area contributed by atoms with Gasteiger partial charge < -0.3 is 5.11 Å². The summed E-state index contributed by atoms with van der Waals surface area (Å²) < 4.78 is 1.29. The molecule has 1 N–H and O–H groups in total. The van der Waals surface area contributed by atoms with Crippen LogP contribution in [0.25, 0.3) is 11.1 Å². The lowest BCUT2D eigenvalue weighted by Gasteiger charge is -2.20. The van der Waals surface area contributed by atoms with E-state index in [1.54, 1.807) is 6.07 Å². The van der Waals surface area contributed by atoms with E-state index in [9.17, 15) is 5.11 Å². The molecule has 0 saturated heterocycles. The molecule has 80 valence electrons. The second kappa shape index (κ2) is 3.77. The predicted molar refractivity (Wildman–Crippen MR) is 73.7 cm³/mol. The van der Waals surface area contributed by atoms with Gasteiger partial charge in [-0.25, -0.2) is 0 Å². The molecule has 0 radical (unpaired) electrons. The largest absolute Gasteiger partial charge is 0.508 e. The molecule has 0 aliphatic heterocycles. The van der Waals surface area contributed by atoms with Gasteiger partial charge >= 0.3 is 0 Å². The molecule has 0 bridgehead atoms. The Labute approximate surface area is 108 Å². The summed E-state index contributed by atoms with van der Waals surface area (Å²) in [6.07, 6.45) is 2.10. The summed E-state index contributed by atoms with van der Waals surface area (Å²) in [6.45, 7) is 0. The van der Waals surface area contributed by atoms with E-state index >= 15 is 0 Å². The maximum Gasteiger partial charge on any atom is 0.115 e. The highest BCUT2D eigenvalue weighted by Crippen LogP contribution is 2.35. The molecule has 1 nitrogen and oxygen atoms in total. The number of rotatable bonds is 0. The Hall–Kier alpha value is -1.03. The molecule has 16 heavy (non-hydrogen) atoms. The van der Waals surface area contributed by atoms with E-state index in [4.69, 9.17) is 0 Å². The van der Waals surface area contributed by atoms with Gasteiger partial charge in [0.05, 0.1) is 0 Å². The Morgan fingerprint density at radius 1 is 0.875 bits per heavy atom. The third-order valence-electron chi connectivity index (χ3n) is 3.11. The van der Waals surface area contributed by atoms with Crippen molar-refractivity contribution < 1.29 is 5.11 Å². The average molecular weight is 322 g/mol. The number of hydrogen-bond acceptors (Lipinski definition) is 1. The summed E-state index contributed by atoms with van der Waals surface area (Å²) in [6, 6.07) is 12.3. The SMILES string of the molecule is Oc1ccc2c(c1)CCc1cc(I)ccc1-2. The van der Waals surface area contributed by atoms with Crippen molar-refractivity contribution >= 4 is 22.6 Å². The minimum atomic E-state index is 0.368. The Morgan fingerprint density at radius 3 is 2.25 bits per heavy atom. The summed E-state index contributed by atoms with van der Waals surface area (Å²) in [5, 5.41) is 9.48. The molecule has 3 rings (SSSR count). The van der Waals surface area contributed by atoms with Gasteiger partial charge in [0, 0.05) is 3.57 Å². The van der Waals surface area contributed by atoms with Crippen LogP contribution in [0.1, 0.15) is 11.1 Å². The molecule has 0 fully saturated rings. The van der Waals surface area contributed by atoms with Gasteiger partial charge in [0.1, 0.15) is 5.75 Å². The first-order valence-corrected chi connectivity index (χ1v) is 6.42. The first kappa shape index (κ1) is 10.1. The quantitative estimate of drug-likeness (QED) is 0.732. The van der Waals surface area contributed by atoms with E-state index in [0.29, 0.717) is 5.75 Å². The molecular weight excluding hydrogens is 311 g/mol. The predicted octanol–water partition coefficient (Wildman–Crippen LogP) is 3.76. The summed E-state index contributed by atoms with van der Waals surface area (Å²) in [4.78, 5) is 0. The van der Waals surface area contributed by atoms with Crippen LogP contribution in [0.3, 0.4) is 0 Å². The fraction of sp³-hybridized carbons (Fsp3) is 0.143. The molecule has 0 saturated carbocycles. The Kier molecular flexibility index (Phi) is 2.39. The van der Waals surface area contributed by atoms with Crippen LogP contribution in [0.15, 0.2) is 36.4 Å². The summed E-state index contributed by atoms with van der Waals surface area (Å²) in [5.41, 5.74) is 5.27. The molecular formula is C14H11IO. The highest BCUT2D eigenvalue weighted by atomic mass is 127. The maximum absolute atomic E-state index is 9.48. The standard InChI is InChI=1S/C14H11IO/c15-11-3-5-13-9(7-11)1-2-10-8-12(16)4-6-14(10)13/h3-8,16H,1-2H2. The molecule has 2 aromatic rings. The van der Waals surface area contributed by atoms with Crippen LogP contribution in [0.4, 0.5) is 0 Å². The second-order valence-electron chi connectivity index (χ2n) is 4.14. The van der Waals surface area contributed by atoms with E-state index in [1.165, 1.54) is 25.8 Å². The highest BCUT2D eigenvalue weighted by Gasteiger charge is 2.16. The lowest BCUT2D eigenvalue weighted by Crippen LogP contribution is -2.03. The van der Waals surface area contributed by atoms with Crippen molar-refractivity contribution in [3.63, 3.8) is 0 Å². The first-order chi connectivity index (χ1) is 7.74. The molecule has 2 heteroatoms. The van der Waals surface area contributed by atoms with Crippen molar-refractivity contribution in [3.05, 3.63) is 51.1 Å². The summed E-state index contributed by atoms with van der Waals surface area (Å²) in [7, 11) is 0. The zero-order valence-corrected chi connectivity index (χ0v) is 10.9. The van der Waals surface area contributed by atoms with Crippen molar-refractivity contribution in [2.45, 2.75) is 12.8 Å². The zero-order valence-electron chi connectivity index (χ0n) is 8.70. The molecule has 1 aliphatic rings. The van der Waals surface area contributed by atoms with Crippen LogP contribution in [0.5, 0.6) is 5.75 Å². The zero-order chi connectivity index (χ0) is 11.1. The Morgan fingerprint density at radius 2 is 1.50 bits per heavy atom. The molecule has 2 aromatic carbocycles. The van der Waals surface area contributed by atoms with Crippen molar-refractivity contribution in [2.24, 2.45) is 0 Å². The molecule has 0 amide bonds. The highest BCUT2D eigenvalue weighted by molar-refractivity contribution is 14.1. The van der Waals surface area contributed by atoms with E-state index in [-0.39, 0.29) is 0 Å². The van der Waals surface area contributed by atoms with Crippen molar-refractivity contribution in [2.75, 3.05) is 0 Å². The maximum atomic E-state index is 9.48. The lowest BCUT2D eigenvalue weighted by molar-refractivity contribution is 0.474. The Balaban J connectivity index is 2.23. The van der Waals surface area contributed by atoms with Gasteiger partial charge in [-0.3, -0.25) is 0 Å². The minimum Gasteiger partial charge on any atom is -0.508 e. The van der Waals surface area contributed by atoms with Crippen LogP contribution in [0.2, 0.25) is 0 Å². The van der Waals surface area contributed by atoms with E-state index in [2.05, 4.69) is 40.8 Å². The fourth-order valence-corrected chi connectivity index (χ4v) is 2.91. The van der Waals surface area contributed by atoms with Crippen LogP contribution in [-0.4, -0.2) is 5.11 Å². The molecule has 0 heterocycles. The monoisotopic (exact) mass is 322 g/mol. The van der Waals surface area contributed by atoms with Gasteiger partial charge in [-0.05, 0) is 82.0 Å². The van der Waals surface area contributed by atoms with Gasteiger partial charge in [-0.1, -0.05) is 12.1 Å². The smallest absolute Gasteiger partial charge is 0.115 e. The van der Waals surface area contributed by atoms with Crippen molar-refractivity contribution in [1.29, 1.82) is 0 Å². The van der Waals surface area contributed by atoms with Crippen molar-refractivity contribution in [3.8, 4) is 16.9 Å². The van der Waals surface area contributed by atoms with Gasteiger partial charge in [0.15, 0.2) is 0 Å². The number of aryl methyl sites for hydroxylation is 2. The number of aromatic hydroxyl groups is 1. The number of halogens is 1. The normalized spacial score (nSPS) is 13.1. The number of hydrogen-bond donors (Lipinski definition) is 1. The van der Waals surface area contributed by atoms with Gasteiger partial charge in [0.25, 0.3) is 0 Å². The van der Waals surface area contributed by atoms with Crippen LogP contribution in [-0.2, 0) is 12.8 Å². The number of phenols is 1. The molecule has 1 aliphatic carbocycles. The average Bonchev–Trinajstić information content (AvgIpc) is 2.28. The van der Waals surface area contributed by atoms with E-state index < -0.39 is 0 Å². The first-order valence-electron chi connectivity index (χ1n) is 5.35. The minimum absolute atomic E-state index is 0.368.